The molecule has 98 valence electrons. The van der Waals surface area contributed by atoms with Crippen molar-refractivity contribution in [2.45, 2.75) is 6.92 Å². The fourth-order valence-electron chi connectivity index (χ4n) is 1.88. The zero-order valence-corrected chi connectivity index (χ0v) is 11.3. The quantitative estimate of drug-likeness (QED) is 0.928. The van der Waals surface area contributed by atoms with Gasteiger partial charge in [-0.2, -0.15) is 0 Å². The van der Waals surface area contributed by atoms with Gasteiger partial charge < -0.3 is 10.0 Å². The zero-order valence-electron chi connectivity index (χ0n) is 10.5. The van der Waals surface area contributed by atoms with Crippen molar-refractivity contribution < 1.29 is 9.90 Å². The zero-order chi connectivity index (χ0) is 13.8. The van der Waals surface area contributed by atoms with Crippen molar-refractivity contribution in [3.8, 4) is 5.75 Å². The lowest BCUT2D eigenvalue weighted by atomic mass is 10.1. The van der Waals surface area contributed by atoms with E-state index in [1.54, 1.807) is 11.0 Å². The van der Waals surface area contributed by atoms with Crippen LogP contribution < -0.4 is 4.90 Å². The third kappa shape index (κ3) is 2.88. The molecule has 2 aromatic rings. The van der Waals surface area contributed by atoms with Crippen LogP contribution in [0.1, 0.15) is 17.3 Å². The van der Waals surface area contributed by atoms with Crippen LogP contribution in [0.25, 0.3) is 0 Å². The average molecular weight is 276 g/mol. The molecule has 4 heteroatoms. The molecule has 0 unspecified atom stereocenters. The number of benzene rings is 2. The Hall–Kier alpha value is -2.00. The highest BCUT2D eigenvalue weighted by atomic mass is 35.5. The van der Waals surface area contributed by atoms with Crippen LogP contribution in [-0.4, -0.2) is 17.6 Å². The van der Waals surface area contributed by atoms with Crippen LogP contribution in [0.2, 0.25) is 5.02 Å². The van der Waals surface area contributed by atoms with E-state index in [9.17, 15) is 9.90 Å². The number of hydrogen-bond donors (Lipinski definition) is 1. The second-order valence-electron chi connectivity index (χ2n) is 4.05. The Morgan fingerprint density at radius 2 is 1.89 bits per heavy atom. The van der Waals surface area contributed by atoms with E-state index in [4.69, 9.17) is 11.6 Å². The summed E-state index contributed by atoms with van der Waals surface area (Å²) in [5.41, 5.74) is 0.993. The summed E-state index contributed by atoms with van der Waals surface area (Å²) in [5.74, 6) is -0.336. The van der Waals surface area contributed by atoms with Crippen molar-refractivity contribution in [1.29, 1.82) is 0 Å². The maximum atomic E-state index is 12.5. The van der Waals surface area contributed by atoms with Gasteiger partial charge in [-0.1, -0.05) is 29.8 Å². The summed E-state index contributed by atoms with van der Waals surface area (Å²) >= 11 is 5.87. The molecule has 0 fully saturated rings. The summed E-state index contributed by atoms with van der Waals surface area (Å²) in [4.78, 5) is 14.0. The van der Waals surface area contributed by atoms with Crippen molar-refractivity contribution in [2.24, 2.45) is 0 Å². The topological polar surface area (TPSA) is 40.5 Å². The number of phenols is 1. The molecule has 2 rings (SSSR count). The van der Waals surface area contributed by atoms with Crippen LogP contribution in [-0.2, 0) is 0 Å². The molecule has 19 heavy (non-hydrogen) atoms. The molecule has 0 saturated heterocycles. The molecule has 1 amide bonds. The SMILES string of the molecule is CCN(C(=O)c1cc(Cl)ccc1O)c1ccccc1. The molecular formula is C15H14ClNO2. The minimum Gasteiger partial charge on any atom is -0.507 e. The monoisotopic (exact) mass is 275 g/mol. The van der Waals surface area contributed by atoms with E-state index < -0.39 is 0 Å². The number of rotatable bonds is 3. The van der Waals surface area contributed by atoms with Crippen molar-refractivity contribution in [2.75, 3.05) is 11.4 Å². The van der Waals surface area contributed by atoms with Crippen LogP contribution in [0.5, 0.6) is 5.75 Å². The first kappa shape index (κ1) is 13.4. The lowest BCUT2D eigenvalue weighted by Gasteiger charge is -2.21. The Balaban J connectivity index is 2.39. The third-order valence-electron chi connectivity index (χ3n) is 2.82. The molecule has 0 aliphatic rings. The average Bonchev–Trinajstić information content (AvgIpc) is 2.43. The second kappa shape index (κ2) is 5.76. The minimum atomic E-state index is -0.270. The largest absolute Gasteiger partial charge is 0.507 e. The third-order valence-corrected chi connectivity index (χ3v) is 3.05. The van der Waals surface area contributed by atoms with E-state index in [0.717, 1.165) is 5.69 Å². The Kier molecular flexibility index (Phi) is 4.07. The number of para-hydroxylation sites is 1. The molecule has 1 N–H and O–H groups in total. The van der Waals surface area contributed by atoms with E-state index in [1.165, 1.54) is 12.1 Å². The van der Waals surface area contributed by atoms with Gasteiger partial charge in [-0.3, -0.25) is 4.79 Å². The molecule has 2 aromatic carbocycles. The number of anilines is 1. The van der Waals surface area contributed by atoms with E-state index >= 15 is 0 Å². The fourth-order valence-corrected chi connectivity index (χ4v) is 2.05. The number of nitrogens with zero attached hydrogens (tertiary/aromatic N) is 1. The van der Waals surface area contributed by atoms with Gasteiger partial charge >= 0.3 is 0 Å². The van der Waals surface area contributed by atoms with E-state index in [1.807, 2.05) is 37.3 Å². The van der Waals surface area contributed by atoms with Crippen molar-refractivity contribution in [3.05, 3.63) is 59.1 Å². The minimum absolute atomic E-state index is 0.0659. The molecule has 3 nitrogen and oxygen atoms in total. The highest BCUT2D eigenvalue weighted by Crippen LogP contribution is 2.25. The Bertz CT molecular complexity index is 584. The van der Waals surface area contributed by atoms with E-state index in [2.05, 4.69) is 0 Å². The van der Waals surface area contributed by atoms with Crippen molar-refractivity contribution in [3.63, 3.8) is 0 Å². The Labute approximate surface area is 117 Å². The molecule has 0 spiro atoms. The first-order valence-corrected chi connectivity index (χ1v) is 6.36. The van der Waals surface area contributed by atoms with Gasteiger partial charge in [0, 0.05) is 17.3 Å². The lowest BCUT2D eigenvalue weighted by Crippen LogP contribution is -2.30. The molecule has 0 aromatic heterocycles. The fraction of sp³-hybridized carbons (Fsp3) is 0.133. The van der Waals surface area contributed by atoms with Gasteiger partial charge in [-0.25, -0.2) is 0 Å². The van der Waals surface area contributed by atoms with Crippen LogP contribution in [0.4, 0.5) is 5.69 Å². The highest BCUT2D eigenvalue weighted by Gasteiger charge is 2.19. The van der Waals surface area contributed by atoms with Gasteiger partial charge in [-0.05, 0) is 37.3 Å². The number of halogens is 1. The van der Waals surface area contributed by atoms with Crippen LogP contribution in [0.15, 0.2) is 48.5 Å². The lowest BCUT2D eigenvalue weighted by molar-refractivity contribution is 0.0986. The molecule has 0 radical (unpaired) electrons. The Morgan fingerprint density at radius 3 is 2.53 bits per heavy atom. The maximum Gasteiger partial charge on any atom is 0.262 e. The summed E-state index contributed by atoms with van der Waals surface area (Å²) in [6.07, 6.45) is 0. The summed E-state index contributed by atoms with van der Waals surface area (Å²) in [6, 6.07) is 13.8. The summed E-state index contributed by atoms with van der Waals surface area (Å²) < 4.78 is 0. The predicted octanol–water partition coefficient (Wildman–Crippen LogP) is 3.71. The second-order valence-corrected chi connectivity index (χ2v) is 4.48. The van der Waals surface area contributed by atoms with Gasteiger partial charge in [0.2, 0.25) is 0 Å². The van der Waals surface area contributed by atoms with Gasteiger partial charge in [-0.15, -0.1) is 0 Å². The standard InChI is InChI=1S/C15H14ClNO2/c1-2-17(12-6-4-3-5-7-12)15(19)13-10-11(16)8-9-14(13)18/h3-10,18H,2H2,1H3. The molecule has 0 aliphatic heterocycles. The predicted molar refractivity (Wildman–Crippen MR) is 76.9 cm³/mol. The maximum absolute atomic E-state index is 12.5. The number of aromatic hydroxyl groups is 1. The first-order valence-electron chi connectivity index (χ1n) is 5.99. The summed E-state index contributed by atoms with van der Waals surface area (Å²) in [7, 11) is 0. The molecule has 0 aliphatic carbocycles. The number of hydrogen-bond acceptors (Lipinski definition) is 2. The van der Waals surface area contributed by atoms with Gasteiger partial charge in [0.05, 0.1) is 5.56 Å². The number of amides is 1. The molecule has 0 saturated carbocycles. The van der Waals surface area contributed by atoms with Gasteiger partial charge in [0.25, 0.3) is 5.91 Å². The normalized spacial score (nSPS) is 10.2. The van der Waals surface area contributed by atoms with Crippen LogP contribution in [0.3, 0.4) is 0 Å². The molecular weight excluding hydrogens is 262 g/mol. The van der Waals surface area contributed by atoms with Crippen LogP contribution in [0, 0.1) is 0 Å². The first-order chi connectivity index (χ1) is 9.13. The molecule has 0 atom stereocenters. The molecule has 0 heterocycles. The van der Waals surface area contributed by atoms with Crippen molar-refractivity contribution in [1.82, 2.24) is 0 Å². The van der Waals surface area contributed by atoms with Gasteiger partial charge in [0.1, 0.15) is 5.75 Å². The molecule has 0 bridgehead atoms. The number of carbonyl (C=O) groups is 1. The summed E-state index contributed by atoms with van der Waals surface area (Å²) in [6.45, 7) is 2.39. The Morgan fingerprint density at radius 1 is 1.21 bits per heavy atom. The highest BCUT2D eigenvalue weighted by molar-refractivity contribution is 6.31. The number of carbonyl (C=O) groups excluding carboxylic acids is 1. The van der Waals surface area contributed by atoms with Crippen molar-refractivity contribution >= 4 is 23.2 Å². The number of phenolic OH excluding ortho intramolecular Hbond substituents is 1. The van der Waals surface area contributed by atoms with E-state index in [0.29, 0.717) is 11.6 Å². The summed E-state index contributed by atoms with van der Waals surface area (Å²) in [5, 5.41) is 10.2. The van der Waals surface area contributed by atoms with E-state index in [-0.39, 0.29) is 17.2 Å². The smallest absolute Gasteiger partial charge is 0.262 e. The van der Waals surface area contributed by atoms with Gasteiger partial charge in [0.15, 0.2) is 0 Å². The van der Waals surface area contributed by atoms with Crippen LogP contribution >= 0.6 is 11.6 Å².